The molecule has 0 spiro atoms. The lowest BCUT2D eigenvalue weighted by molar-refractivity contribution is -0.118. The number of rotatable bonds is 6. The summed E-state index contributed by atoms with van der Waals surface area (Å²) in [7, 11) is -3.41. The fraction of sp³-hybridized carbons (Fsp3) is 0.667. The molecule has 1 aromatic heterocycles. The zero-order chi connectivity index (χ0) is 14.6. The van der Waals surface area contributed by atoms with E-state index in [4.69, 9.17) is 5.73 Å². The van der Waals surface area contributed by atoms with Gasteiger partial charge in [-0.2, -0.15) is 0 Å². The maximum atomic E-state index is 11.8. The minimum atomic E-state index is -3.41. The molecular weight excluding hydrogens is 326 g/mol. The Morgan fingerprint density at radius 1 is 1.40 bits per heavy atom. The first-order valence-corrected chi connectivity index (χ1v) is 8.31. The van der Waals surface area contributed by atoms with Crippen molar-refractivity contribution in [3.8, 4) is 0 Å². The summed E-state index contributed by atoms with van der Waals surface area (Å²) in [4.78, 5) is 11.8. The molecule has 2 atom stereocenters. The van der Waals surface area contributed by atoms with Crippen LogP contribution < -0.4 is 15.8 Å². The van der Waals surface area contributed by atoms with Crippen LogP contribution in [0.1, 0.15) is 20.3 Å². The van der Waals surface area contributed by atoms with Crippen molar-refractivity contribution in [3.63, 3.8) is 0 Å². The molecule has 0 aliphatic carbocycles. The van der Waals surface area contributed by atoms with E-state index in [1.165, 1.54) is 0 Å². The fourth-order valence-corrected chi connectivity index (χ4v) is 2.65. The standard InChI is InChI=1S/C9H17N5O3S2.ClH/c1-4-5(2)6(10)7(15)11-8-12-13-9(18-8)14-19(3,16)17;/h5-6H,4,10H2,1-3H3,(H,13,14)(H,11,12,15);1H. The third-order valence-electron chi connectivity index (χ3n) is 2.49. The number of aromatic nitrogens is 2. The van der Waals surface area contributed by atoms with Crippen molar-refractivity contribution in [1.29, 1.82) is 0 Å². The topological polar surface area (TPSA) is 127 Å². The van der Waals surface area contributed by atoms with Crippen LogP contribution in [0.2, 0.25) is 0 Å². The molecule has 8 nitrogen and oxygen atoms in total. The van der Waals surface area contributed by atoms with Crippen LogP contribution in [-0.2, 0) is 14.8 Å². The highest BCUT2D eigenvalue weighted by Gasteiger charge is 2.20. The van der Waals surface area contributed by atoms with Gasteiger partial charge in [-0.1, -0.05) is 31.6 Å². The summed E-state index contributed by atoms with van der Waals surface area (Å²) in [5.41, 5.74) is 5.76. The summed E-state index contributed by atoms with van der Waals surface area (Å²) in [5, 5.41) is 10.1. The van der Waals surface area contributed by atoms with Gasteiger partial charge in [0, 0.05) is 0 Å². The highest BCUT2D eigenvalue weighted by molar-refractivity contribution is 7.92. The van der Waals surface area contributed by atoms with Gasteiger partial charge in [0.05, 0.1) is 12.3 Å². The second kappa shape index (κ2) is 7.72. The van der Waals surface area contributed by atoms with Gasteiger partial charge in [-0.3, -0.25) is 14.8 Å². The summed E-state index contributed by atoms with van der Waals surface area (Å²) in [6.45, 7) is 3.82. The van der Waals surface area contributed by atoms with E-state index in [2.05, 4.69) is 20.2 Å². The summed E-state index contributed by atoms with van der Waals surface area (Å²) in [5.74, 6) is -0.321. The molecule has 1 aromatic rings. The predicted molar refractivity (Wildman–Crippen MR) is 81.7 cm³/mol. The molecular formula is C9H18ClN5O3S2. The van der Waals surface area contributed by atoms with Crippen molar-refractivity contribution < 1.29 is 13.2 Å². The van der Waals surface area contributed by atoms with Crippen LogP contribution >= 0.6 is 23.7 Å². The molecule has 116 valence electrons. The summed E-state index contributed by atoms with van der Waals surface area (Å²) in [6.07, 6.45) is 1.79. The molecule has 0 saturated heterocycles. The van der Waals surface area contributed by atoms with E-state index < -0.39 is 16.1 Å². The van der Waals surface area contributed by atoms with E-state index in [1.807, 2.05) is 13.8 Å². The lowest BCUT2D eigenvalue weighted by Crippen LogP contribution is -2.40. The second-order valence-electron chi connectivity index (χ2n) is 4.19. The molecule has 0 fully saturated rings. The Kier molecular flexibility index (Phi) is 7.34. The molecule has 1 rings (SSSR count). The number of sulfonamides is 1. The molecule has 0 radical (unpaired) electrons. The number of hydrogen-bond acceptors (Lipinski definition) is 7. The van der Waals surface area contributed by atoms with Gasteiger partial charge < -0.3 is 5.73 Å². The normalized spacial score (nSPS) is 14.0. The SMILES string of the molecule is CCC(C)C(N)C(=O)Nc1nnc(NS(C)(=O)=O)s1.Cl. The summed E-state index contributed by atoms with van der Waals surface area (Å²) < 4.78 is 24.2. The fourth-order valence-electron chi connectivity index (χ4n) is 1.17. The Morgan fingerprint density at radius 3 is 2.45 bits per heavy atom. The number of carbonyl (C=O) groups excluding carboxylic acids is 1. The molecule has 1 heterocycles. The average Bonchev–Trinajstić information content (AvgIpc) is 2.71. The van der Waals surface area contributed by atoms with Crippen LogP contribution in [0.5, 0.6) is 0 Å². The number of amides is 1. The van der Waals surface area contributed by atoms with Crippen LogP contribution in [-0.4, -0.2) is 36.8 Å². The first-order valence-electron chi connectivity index (χ1n) is 5.60. The van der Waals surface area contributed by atoms with Crippen molar-refractivity contribution in [2.75, 3.05) is 16.3 Å². The van der Waals surface area contributed by atoms with Crippen molar-refractivity contribution >= 4 is 49.9 Å². The van der Waals surface area contributed by atoms with E-state index in [-0.39, 0.29) is 34.5 Å². The van der Waals surface area contributed by atoms with Crippen molar-refractivity contribution in [2.45, 2.75) is 26.3 Å². The smallest absolute Gasteiger partial charge is 0.243 e. The molecule has 4 N–H and O–H groups in total. The molecule has 0 bridgehead atoms. The van der Waals surface area contributed by atoms with Gasteiger partial charge in [0.25, 0.3) is 0 Å². The zero-order valence-corrected chi connectivity index (χ0v) is 13.7. The summed E-state index contributed by atoms with van der Waals surface area (Å²) >= 11 is 0.925. The van der Waals surface area contributed by atoms with Crippen molar-refractivity contribution in [2.24, 2.45) is 11.7 Å². The van der Waals surface area contributed by atoms with Crippen molar-refractivity contribution in [1.82, 2.24) is 10.2 Å². The number of hydrogen-bond donors (Lipinski definition) is 3. The maximum absolute atomic E-state index is 11.8. The molecule has 11 heteroatoms. The van der Waals surface area contributed by atoms with E-state index >= 15 is 0 Å². The lowest BCUT2D eigenvalue weighted by Gasteiger charge is -2.16. The second-order valence-corrected chi connectivity index (χ2v) is 6.91. The molecule has 0 saturated carbocycles. The number of nitrogens with zero attached hydrogens (tertiary/aromatic N) is 2. The van der Waals surface area contributed by atoms with E-state index in [0.29, 0.717) is 0 Å². The number of nitrogens with one attached hydrogen (secondary N) is 2. The van der Waals surface area contributed by atoms with Gasteiger partial charge >= 0.3 is 0 Å². The molecule has 0 aliphatic rings. The van der Waals surface area contributed by atoms with Gasteiger partial charge in [0.2, 0.25) is 26.2 Å². The van der Waals surface area contributed by atoms with Gasteiger partial charge in [0.15, 0.2) is 0 Å². The van der Waals surface area contributed by atoms with E-state index in [9.17, 15) is 13.2 Å². The molecule has 20 heavy (non-hydrogen) atoms. The first-order chi connectivity index (χ1) is 8.73. The van der Waals surface area contributed by atoms with Crippen LogP contribution in [0.25, 0.3) is 0 Å². The van der Waals surface area contributed by atoms with Crippen LogP contribution in [0.4, 0.5) is 10.3 Å². The van der Waals surface area contributed by atoms with Gasteiger partial charge in [0.1, 0.15) is 0 Å². The number of nitrogens with two attached hydrogens (primary N) is 1. The molecule has 0 aliphatic heterocycles. The molecule has 2 unspecified atom stereocenters. The van der Waals surface area contributed by atoms with Gasteiger partial charge in [-0.05, 0) is 5.92 Å². The monoisotopic (exact) mass is 343 g/mol. The number of carbonyl (C=O) groups is 1. The molecule has 0 aromatic carbocycles. The Bertz CT molecular complexity index is 548. The highest BCUT2D eigenvalue weighted by atomic mass is 35.5. The molecule has 1 amide bonds. The van der Waals surface area contributed by atoms with Crippen LogP contribution in [0.3, 0.4) is 0 Å². The Labute approximate surface area is 128 Å². The first kappa shape index (κ1) is 19.0. The van der Waals surface area contributed by atoms with E-state index in [1.54, 1.807) is 0 Å². The number of halogens is 1. The van der Waals surface area contributed by atoms with Crippen LogP contribution in [0.15, 0.2) is 0 Å². The number of anilines is 2. The predicted octanol–water partition coefficient (Wildman–Crippen LogP) is 0.643. The minimum Gasteiger partial charge on any atom is -0.320 e. The Morgan fingerprint density at radius 2 is 1.95 bits per heavy atom. The zero-order valence-electron chi connectivity index (χ0n) is 11.3. The van der Waals surface area contributed by atoms with Crippen molar-refractivity contribution in [3.05, 3.63) is 0 Å². The quantitative estimate of drug-likeness (QED) is 0.695. The third-order valence-corrected chi connectivity index (χ3v) is 3.94. The average molecular weight is 344 g/mol. The maximum Gasteiger partial charge on any atom is 0.243 e. The minimum absolute atomic E-state index is 0. The van der Waals surface area contributed by atoms with Crippen LogP contribution in [0, 0.1) is 5.92 Å². The highest BCUT2D eigenvalue weighted by Crippen LogP contribution is 2.21. The van der Waals surface area contributed by atoms with Gasteiger partial charge in [-0.15, -0.1) is 22.6 Å². The Balaban J connectivity index is 0.00000361. The van der Waals surface area contributed by atoms with Gasteiger partial charge in [-0.25, -0.2) is 8.42 Å². The van der Waals surface area contributed by atoms with E-state index in [0.717, 1.165) is 24.0 Å². The third kappa shape index (κ3) is 5.99. The summed E-state index contributed by atoms with van der Waals surface area (Å²) in [6, 6.07) is -0.639. The largest absolute Gasteiger partial charge is 0.320 e. The Hall–Kier alpha value is -0.970. The lowest BCUT2D eigenvalue weighted by atomic mass is 10.00.